The maximum atomic E-state index is 13.1. The SMILES string of the molecule is COc1ccc2c(c1)C=C(C(=O)N1CCCC(C(=O)Nc3ccc(C)cc3)C1)C2. The molecule has 29 heavy (non-hydrogen) atoms. The molecule has 0 bridgehead atoms. The third kappa shape index (κ3) is 4.19. The first-order valence-electron chi connectivity index (χ1n) is 10.1. The van der Waals surface area contributed by atoms with Crippen molar-refractivity contribution < 1.29 is 14.3 Å². The number of amides is 2. The zero-order chi connectivity index (χ0) is 20.4. The topological polar surface area (TPSA) is 58.6 Å². The van der Waals surface area contributed by atoms with E-state index in [9.17, 15) is 9.59 Å². The first-order valence-corrected chi connectivity index (χ1v) is 10.1. The number of methoxy groups -OCH3 is 1. The quantitative estimate of drug-likeness (QED) is 0.863. The molecule has 1 saturated heterocycles. The molecule has 1 atom stereocenters. The highest BCUT2D eigenvalue weighted by Gasteiger charge is 2.31. The molecule has 1 fully saturated rings. The summed E-state index contributed by atoms with van der Waals surface area (Å²) < 4.78 is 5.28. The molecule has 2 aromatic carbocycles. The van der Waals surface area contributed by atoms with E-state index in [0.717, 1.165) is 46.5 Å². The molecule has 4 rings (SSSR count). The minimum atomic E-state index is -0.182. The third-order valence-electron chi connectivity index (χ3n) is 5.74. The van der Waals surface area contributed by atoms with Crippen LogP contribution >= 0.6 is 0 Å². The average Bonchev–Trinajstić information content (AvgIpc) is 3.18. The van der Waals surface area contributed by atoms with Gasteiger partial charge >= 0.3 is 0 Å². The van der Waals surface area contributed by atoms with E-state index in [1.54, 1.807) is 7.11 Å². The Labute approximate surface area is 171 Å². The molecule has 1 aliphatic carbocycles. The molecule has 2 aliphatic rings. The number of hydrogen-bond donors (Lipinski definition) is 1. The van der Waals surface area contributed by atoms with Crippen molar-refractivity contribution in [3.05, 3.63) is 64.7 Å². The number of piperidine rings is 1. The van der Waals surface area contributed by atoms with Gasteiger partial charge in [0, 0.05) is 30.8 Å². The number of rotatable bonds is 4. The van der Waals surface area contributed by atoms with Gasteiger partial charge in [-0.15, -0.1) is 0 Å². The Bertz CT molecular complexity index is 963. The summed E-state index contributed by atoms with van der Waals surface area (Å²) in [4.78, 5) is 27.6. The number of carbonyl (C=O) groups is 2. The second-order valence-corrected chi connectivity index (χ2v) is 7.86. The molecule has 0 aromatic heterocycles. The Morgan fingerprint density at radius 1 is 1.14 bits per heavy atom. The van der Waals surface area contributed by atoms with Crippen LogP contribution in [0.15, 0.2) is 48.0 Å². The summed E-state index contributed by atoms with van der Waals surface area (Å²) in [5, 5.41) is 2.99. The number of nitrogens with one attached hydrogen (secondary N) is 1. The van der Waals surface area contributed by atoms with Crippen LogP contribution in [0, 0.1) is 12.8 Å². The normalized spacial score (nSPS) is 18.1. The van der Waals surface area contributed by atoms with Gasteiger partial charge in [0.25, 0.3) is 0 Å². The van der Waals surface area contributed by atoms with E-state index in [2.05, 4.69) is 5.32 Å². The molecule has 0 saturated carbocycles. The predicted molar refractivity (Wildman–Crippen MR) is 114 cm³/mol. The number of hydrogen-bond acceptors (Lipinski definition) is 3. The molecule has 150 valence electrons. The fourth-order valence-corrected chi connectivity index (χ4v) is 4.04. The number of carbonyl (C=O) groups excluding carboxylic acids is 2. The Morgan fingerprint density at radius 3 is 2.69 bits per heavy atom. The monoisotopic (exact) mass is 390 g/mol. The number of fused-ring (bicyclic) bond motifs is 1. The first kappa shape index (κ1) is 19.2. The lowest BCUT2D eigenvalue weighted by Crippen LogP contribution is -2.44. The highest BCUT2D eigenvalue weighted by atomic mass is 16.5. The van der Waals surface area contributed by atoms with Crippen LogP contribution in [0.5, 0.6) is 5.75 Å². The van der Waals surface area contributed by atoms with Crippen LogP contribution in [0.4, 0.5) is 5.69 Å². The van der Waals surface area contributed by atoms with Crippen molar-refractivity contribution in [3.63, 3.8) is 0 Å². The van der Waals surface area contributed by atoms with Gasteiger partial charge in [0.2, 0.25) is 11.8 Å². The standard InChI is InChI=1S/C24H26N2O3/c1-16-5-8-21(9-6-16)25-23(27)18-4-3-11-26(15-18)24(28)20-12-17-7-10-22(29-2)14-19(17)13-20/h5-10,13-14,18H,3-4,11-12,15H2,1-2H3,(H,25,27). The predicted octanol–water partition coefficient (Wildman–Crippen LogP) is 3.82. The van der Waals surface area contributed by atoms with Crippen LogP contribution in [0.3, 0.4) is 0 Å². The molecular formula is C24H26N2O3. The lowest BCUT2D eigenvalue weighted by molar-refractivity contribution is -0.131. The minimum absolute atomic E-state index is 0.0141. The van der Waals surface area contributed by atoms with Crippen molar-refractivity contribution in [2.75, 3.05) is 25.5 Å². The van der Waals surface area contributed by atoms with E-state index in [1.807, 2.05) is 60.4 Å². The molecule has 1 unspecified atom stereocenters. The summed E-state index contributed by atoms with van der Waals surface area (Å²) in [6, 6.07) is 13.7. The van der Waals surface area contributed by atoms with Crippen LogP contribution in [0.1, 0.15) is 29.5 Å². The smallest absolute Gasteiger partial charge is 0.250 e. The second kappa shape index (κ2) is 8.11. The van der Waals surface area contributed by atoms with Crippen molar-refractivity contribution in [3.8, 4) is 5.75 Å². The number of ether oxygens (including phenoxy) is 1. The molecule has 1 N–H and O–H groups in total. The molecule has 2 amide bonds. The fourth-order valence-electron chi connectivity index (χ4n) is 4.04. The van der Waals surface area contributed by atoms with Crippen molar-refractivity contribution in [2.24, 2.45) is 5.92 Å². The van der Waals surface area contributed by atoms with Crippen LogP contribution in [0.25, 0.3) is 6.08 Å². The second-order valence-electron chi connectivity index (χ2n) is 7.86. The van der Waals surface area contributed by atoms with Crippen LogP contribution in [-0.4, -0.2) is 36.9 Å². The van der Waals surface area contributed by atoms with Crippen molar-refractivity contribution in [2.45, 2.75) is 26.2 Å². The Kier molecular flexibility index (Phi) is 5.38. The van der Waals surface area contributed by atoms with Gasteiger partial charge in [0.05, 0.1) is 13.0 Å². The molecule has 0 spiro atoms. The van der Waals surface area contributed by atoms with Crippen LogP contribution in [0.2, 0.25) is 0 Å². The molecule has 2 aromatic rings. The molecular weight excluding hydrogens is 364 g/mol. The molecule has 1 aliphatic heterocycles. The van der Waals surface area contributed by atoms with Gasteiger partial charge in [0.1, 0.15) is 5.75 Å². The zero-order valence-corrected chi connectivity index (χ0v) is 16.9. The van der Waals surface area contributed by atoms with E-state index in [1.165, 1.54) is 0 Å². The first-order chi connectivity index (χ1) is 14.0. The maximum absolute atomic E-state index is 13.1. The maximum Gasteiger partial charge on any atom is 0.250 e. The largest absolute Gasteiger partial charge is 0.497 e. The Balaban J connectivity index is 1.41. The minimum Gasteiger partial charge on any atom is -0.497 e. The molecule has 1 heterocycles. The number of aryl methyl sites for hydroxylation is 1. The van der Waals surface area contributed by atoms with Gasteiger partial charge < -0.3 is 15.0 Å². The summed E-state index contributed by atoms with van der Waals surface area (Å²) in [6.07, 6.45) is 4.23. The Morgan fingerprint density at radius 2 is 1.93 bits per heavy atom. The Hall–Kier alpha value is -3.08. The van der Waals surface area contributed by atoms with Crippen LogP contribution < -0.4 is 10.1 Å². The van der Waals surface area contributed by atoms with E-state index in [-0.39, 0.29) is 17.7 Å². The van der Waals surface area contributed by atoms with Gasteiger partial charge in [-0.05, 0) is 61.2 Å². The number of anilines is 1. The van der Waals surface area contributed by atoms with Crippen LogP contribution in [-0.2, 0) is 16.0 Å². The average molecular weight is 390 g/mol. The molecule has 5 nitrogen and oxygen atoms in total. The number of nitrogens with zero attached hydrogens (tertiary/aromatic N) is 1. The van der Waals surface area contributed by atoms with Gasteiger partial charge in [-0.2, -0.15) is 0 Å². The van der Waals surface area contributed by atoms with Crippen molar-refractivity contribution in [1.82, 2.24) is 4.90 Å². The number of benzene rings is 2. The highest BCUT2D eigenvalue weighted by molar-refractivity contribution is 6.01. The number of likely N-dealkylation sites (tertiary alicyclic amines) is 1. The van der Waals surface area contributed by atoms with Gasteiger partial charge in [-0.3, -0.25) is 9.59 Å². The third-order valence-corrected chi connectivity index (χ3v) is 5.74. The summed E-state index contributed by atoms with van der Waals surface area (Å²) in [6.45, 7) is 3.18. The zero-order valence-electron chi connectivity index (χ0n) is 16.9. The summed E-state index contributed by atoms with van der Waals surface area (Å²) in [7, 11) is 1.64. The lowest BCUT2D eigenvalue weighted by atomic mass is 9.96. The van der Waals surface area contributed by atoms with E-state index in [4.69, 9.17) is 4.74 Å². The van der Waals surface area contributed by atoms with Crippen molar-refractivity contribution in [1.29, 1.82) is 0 Å². The van der Waals surface area contributed by atoms with Gasteiger partial charge in [-0.1, -0.05) is 23.8 Å². The fraction of sp³-hybridized carbons (Fsp3) is 0.333. The summed E-state index contributed by atoms with van der Waals surface area (Å²) in [5.41, 5.74) is 4.92. The summed E-state index contributed by atoms with van der Waals surface area (Å²) in [5.74, 6) is 0.630. The van der Waals surface area contributed by atoms with Gasteiger partial charge in [0.15, 0.2) is 0 Å². The lowest BCUT2D eigenvalue weighted by Gasteiger charge is -2.32. The van der Waals surface area contributed by atoms with E-state index < -0.39 is 0 Å². The highest BCUT2D eigenvalue weighted by Crippen LogP contribution is 2.30. The summed E-state index contributed by atoms with van der Waals surface area (Å²) >= 11 is 0. The van der Waals surface area contributed by atoms with Gasteiger partial charge in [-0.25, -0.2) is 0 Å². The van der Waals surface area contributed by atoms with Crippen molar-refractivity contribution >= 4 is 23.6 Å². The van der Waals surface area contributed by atoms with E-state index in [0.29, 0.717) is 19.5 Å². The molecule has 5 heteroatoms. The van der Waals surface area contributed by atoms with E-state index >= 15 is 0 Å². The molecule has 0 radical (unpaired) electrons.